The van der Waals surface area contributed by atoms with E-state index in [-0.39, 0.29) is 37.2 Å². The van der Waals surface area contributed by atoms with Gasteiger partial charge in [0.05, 0.1) is 6.04 Å². The Labute approximate surface area is 239 Å². The van der Waals surface area contributed by atoms with Gasteiger partial charge in [0.25, 0.3) is 0 Å². The third kappa shape index (κ3) is 6.53. The molecule has 1 atom stereocenters. The van der Waals surface area contributed by atoms with E-state index in [1.165, 1.54) is 6.42 Å². The topological polar surface area (TPSA) is 127 Å². The maximum absolute atomic E-state index is 13.4. The van der Waals surface area contributed by atoms with Crippen LogP contribution in [0, 0.1) is 0 Å². The molecule has 41 heavy (non-hydrogen) atoms. The lowest BCUT2D eigenvalue weighted by molar-refractivity contribution is -0.122. The Morgan fingerprint density at radius 2 is 1.90 bits per heavy atom. The molecular formula is C29H36N8O4. The number of fused-ring (bicyclic) bond motifs is 1. The summed E-state index contributed by atoms with van der Waals surface area (Å²) >= 11 is 0. The third-order valence-corrected chi connectivity index (χ3v) is 7.96. The number of amides is 3. The Morgan fingerprint density at radius 1 is 1.02 bits per heavy atom. The van der Waals surface area contributed by atoms with Gasteiger partial charge in [0.1, 0.15) is 12.1 Å². The van der Waals surface area contributed by atoms with Crippen molar-refractivity contribution in [2.45, 2.75) is 57.0 Å². The van der Waals surface area contributed by atoms with Crippen molar-refractivity contribution in [3.8, 4) is 17.4 Å². The van der Waals surface area contributed by atoms with Gasteiger partial charge in [-0.3, -0.25) is 9.36 Å². The molecule has 0 radical (unpaired) electrons. The van der Waals surface area contributed by atoms with Gasteiger partial charge in [0.15, 0.2) is 11.5 Å². The molecule has 1 saturated heterocycles. The molecule has 1 unspecified atom stereocenters. The van der Waals surface area contributed by atoms with Gasteiger partial charge in [-0.05, 0) is 43.0 Å². The van der Waals surface area contributed by atoms with Gasteiger partial charge in [0.2, 0.25) is 18.6 Å². The fourth-order valence-electron chi connectivity index (χ4n) is 5.76. The molecule has 3 aliphatic rings. The molecule has 2 N–H and O–H groups in total. The normalized spacial score (nSPS) is 18.8. The first-order valence-corrected chi connectivity index (χ1v) is 14.4. The van der Waals surface area contributed by atoms with Crippen LogP contribution >= 0.6 is 0 Å². The molecule has 216 valence electrons. The van der Waals surface area contributed by atoms with Crippen LogP contribution in [0.15, 0.2) is 49.2 Å². The molecule has 3 amide bonds. The number of aromatic nitrogens is 4. The zero-order valence-electron chi connectivity index (χ0n) is 23.1. The van der Waals surface area contributed by atoms with Crippen molar-refractivity contribution in [1.29, 1.82) is 0 Å². The van der Waals surface area contributed by atoms with E-state index in [1.807, 2.05) is 29.2 Å². The van der Waals surface area contributed by atoms with Crippen LogP contribution in [0.4, 0.5) is 10.6 Å². The van der Waals surface area contributed by atoms with Crippen molar-refractivity contribution >= 4 is 17.8 Å². The summed E-state index contributed by atoms with van der Waals surface area (Å²) in [6, 6.07) is 7.50. The largest absolute Gasteiger partial charge is 0.454 e. The second-order valence-electron chi connectivity index (χ2n) is 10.8. The number of piperazine rings is 1. The standard InChI is InChI=1S/C29H36N8O4/c38-27(31-10-8-21-6-7-24-25(16-21)41-20-40-24)17-23-18-35(26-9-11-32-28(34-26)36-13-12-30-19-36)14-15-37(23)29(39)33-22-4-2-1-3-5-22/h6-7,9,11-13,16,19,22-23H,1-5,8,10,14-15,17-18,20H2,(H,31,38)(H,33,39). The molecule has 12 nitrogen and oxygen atoms in total. The summed E-state index contributed by atoms with van der Waals surface area (Å²) in [7, 11) is 0. The van der Waals surface area contributed by atoms with Gasteiger partial charge in [-0.25, -0.2) is 14.8 Å². The summed E-state index contributed by atoms with van der Waals surface area (Å²) in [4.78, 5) is 43.7. The Balaban J connectivity index is 1.11. The number of anilines is 1. The predicted molar refractivity (Wildman–Crippen MR) is 151 cm³/mol. The third-order valence-electron chi connectivity index (χ3n) is 7.96. The molecule has 0 spiro atoms. The summed E-state index contributed by atoms with van der Waals surface area (Å²) in [6.07, 6.45) is 13.2. The summed E-state index contributed by atoms with van der Waals surface area (Å²) in [5.41, 5.74) is 1.06. The maximum Gasteiger partial charge on any atom is 0.318 e. The van der Waals surface area contributed by atoms with Gasteiger partial charge in [-0.1, -0.05) is 25.3 Å². The molecule has 0 bridgehead atoms. The minimum Gasteiger partial charge on any atom is -0.454 e. The van der Waals surface area contributed by atoms with Crippen LogP contribution < -0.4 is 25.0 Å². The van der Waals surface area contributed by atoms with Crippen LogP contribution in [0.3, 0.4) is 0 Å². The molecule has 1 aromatic carbocycles. The van der Waals surface area contributed by atoms with Crippen molar-refractivity contribution in [3.05, 3.63) is 54.7 Å². The van der Waals surface area contributed by atoms with E-state index in [1.54, 1.807) is 29.5 Å². The predicted octanol–water partition coefficient (Wildman–Crippen LogP) is 2.67. The van der Waals surface area contributed by atoms with Gasteiger partial charge < -0.3 is 29.9 Å². The number of nitrogens with zero attached hydrogens (tertiary/aromatic N) is 6. The van der Waals surface area contributed by atoms with Crippen molar-refractivity contribution < 1.29 is 19.1 Å². The highest BCUT2D eigenvalue weighted by atomic mass is 16.7. The Bertz CT molecular complexity index is 1340. The number of urea groups is 1. The summed E-state index contributed by atoms with van der Waals surface area (Å²) < 4.78 is 12.6. The van der Waals surface area contributed by atoms with Crippen molar-refractivity contribution in [3.63, 3.8) is 0 Å². The van der Waals surface area contributed by atoms with Crippen LogP contribution in [0.2, 0.25) is 0 Å². The average Bonchev–Trinajstić information content (AvgIpc) is 3.70. The van der Waals surface area contributed by atoms with E-state index >= 15 is 0 Å². The molecule has 2 aliphatic heterocycles. The van der Waals surface area contributed by atoms with E-state index < -0.39 is 0 Å². The molecule has 1 aliphatic carbocycles. The van der Waals surface area contributed by atoms with Gasteiger partial charge >= 0.3 is 6.03 Å². The summed E-state index contributed by atoms with van der Waals surface area (Å²) in [5, 5.41) is 6.28. The fraction of sp³-hybridized carbons (Fsp3) is 0.483. The Hall–Kier alpha value is -4.35. The number of carbonyl (C=O) groups is 2. The number of benzene rings is 1. The second kappa shape index (κ2) is 12.4. The number of carbonyl (C=O) groups excluding carboxylic acids is 2. The van der Waals surface area contributed by atoms with E-state index in [4.69, 9.17) is 14.5 Å². The first-order chi connectivity index (χ1) is 20.1. The smallest absolute Gasteiger partial charge is 0.318 e. The molecule has 2 fully saturated rings. The minimum atomic E-state index is -0.301. The highest BCUT2D eigenvalue weighted by molar-refractivity contribution is 5.79. The number of hydrogen-bond acceptors (Lipinski definition) is 8. The van der Waals surface area contributed by atoms with Gasteiger partial charge in [-0.2, -0.15) is 4.98 Å². The van der Waals surface area contributed by atoms with Crippen molar-refractivity contribution in [2.24, 2.45) is 0 Å². The molecule has 2 aromatic heterocycles. The quantitative estimate of drug-likeness (QED) is 0.431. The Morgan fingerprint density at radius 3 is 2.76 bits per heavy atom. The van der Waals surface area contributed by atoms with Gasteiger partial charge in [0, 0.05) is 57.2 Å². The van der Waals surface area contributed by atoms with E-state index in [2.05, 4.69) is 25.5 Å². The van der Waals surface area contributed by atoms with Crippen molar-refractivity contribution in [1.82, 2.24) is 35.1 Å². The van der Waals surface area contributed by atoms with E-state index in [0.29, 0.717) is 38.5 Å². The molecule has 6 rings (SSSR count). The van der Waals surface area contributed by atoms with Crippen LogP contribution in [-0.4, -0.2) is 81.4 Å². The number of rotatable bonds is 8. The Kier molecular flexibility index (Phi) is 8.15. The molecule has 3 aromatic rings. The minimum absolute atomic E-state index is 0.0866. The zero-order chi connectivity index (χ0) is 28.0. The summed E-state index contributed by atoms with van der Waals surface area (Å²) in [5.74, 6) is 2.66. The molecule has 12 heteroatoms. The van der Waals surface area contributed by atoms with E-state index in [0.717, 1.165) is 48.6 Å². The number of hydrogen-bond donors (Lipinski definition) is 2. The first kappa shape index (κ1) is 26.9. The van der Waals surface area contributed by atoms with Gasteiger partial charge in [-0.15, -0.1) is 0 Å². The molecule has 1 saturated carbocycles. The van der Waals surface area contributed by atoms with E-state index in [9.17, 15) is 9.59 Å². The molecular weight excluding hydrogens is 524 g/mol. The first-order valence-electron chi connectivity index (χ1n) is 14.4. The second-order valence-corrected chi connectivity index (χ2v) is 10.8. The number of imidazole rings is 1. The number of nitrogens with one attached hydrogen (secondary N) is 2. The van der Waals surface area contributed by atoms with Crippen LogP contribution in [0.5, 0.6) is 11.5 Å². The average molecular weight is 561 g/mol. The highest BCUT2D eigenvalue weighted by Crippen LogP contribution is 2.32. The zero-order valence-corrected chi connectivity index (χ0v) is 23.1. The lowest BCUT2D eigenvalue weighted by Gasteiger charge is -2.42. The lowest BCUT2D eigenvalue weighted by Crippen LogP contribution is -2.60. The number of ether oxygens (including phenoxy) is 2. The fourth-order valence-corrected chi connectivity index (χ4v) is 5.76. The molecule has 4 heterocycles. The SMILES string of the molecule is O=C(CC1CN(c2ccnc(-n3ccnc3)n2)CCN1C(=O)NC1CCCCC1)NCCc1ccc2c(c1)OCO2. The van der Waals surface area contributed by atoms with Crippen LogP contribution in [0.1, 0.15) is 44.1 Å². The monoisotopic (exact) mass is 560 g/mol. The lowest BCUT2D eigenvalue weighted by atomic mass is 9.95. The van der Waals surface area contributed by atoms with Crippen LogP contribution in [0.25, 0.3) is 5.95 Å². The summed E-state index contributed by atoms with van der Waals surface area (Å²) in [6.45, 7) is 2.33. The maximum atomic E-state index is 13.4. The highest BCUT2D eigenvalue weighted by Gasteiger charge is 2.33. The van der Waals surface area contributed by atoms with Crippen molar-refractivity contribution in [2.75, 3.05) is 37.9 Å². The van der Waals surface area contributed by atoms with Crippen LogP contribution in [-0.2, 0) is 11.2 Å².